The Labute approximate surface area is 337 Å². The topological polar surface area (TPSA) is 16.4 Å². The van der Waals surface area contributed by atoms with Gasteiger partial charge in [0.1, 0.15) is 11.2 Å². The molecular formula is C56H37NO. The lowest BCUT2D eigenvalue weighted by Crippen LogP contribution is -2.11. The highest BCUT2D eigenvalue weighted by Crippen LogP contribution is 2.43. The summed E-state index contributed by atoms with van der Waals surface area (Å²) in [5, 5.41) is 7.26. The number of hydrogen-bond acceptors (Lipinski definition) is 2. The van der Waals surface area contributed by atoms with Crippen molar-refractivity contribution in [3.63, 3.8) is 0 Å². The molecule has 58 heavy (non-hydrogen) atoms. The van der Waals surface area contributed by atoms with E-state index in [1.165, 1.54) is 54.9 Å². The van der Waals surface area contributed by atoms with Crippen LogP contribution in [-0.2, 0) is 0 Å². The molecule has 0 bridgehead atoms. The van der Waals surface area contributed by atoms with Gasteiger partial charge in [-0.2, -0.15) is 0 Å². The molecule has 2 nitrogen and oxygen atoms in total. The molecule has 0 amide bonds. The molecule has 1 aromatic heterocycles. The van der Waals surface area contributed by atoms with E-state index >= 15 is 0 Å². The highest BCUT2D eigenvalue weighted by Gasteiger charge is 2.19. The highest BCUT2D eigenvalue weighted by atomic mass is 16.3. The van der Waals surface area contributed by atoms with Crippen LogP contribution in [0.1, 0.15) is 0 Å². The van der Waals surface area contributed by atoms with Crippen molar-refractivity contribution < 1.29 is 4.42 Å². The molecule has 0 fully saturated rings. The molecular weight excluding hydrogens is 703 g/mol. The molecule has 0 aliphatic heterocycles. The fourth-order valence-electron chi connectivity index (χ4n) is 8.65. The Morgan fingerprint density at radius 1 is 0.276 bits per heavy atom. The lowest BCUT2D eigenvalue weighted by atomic mass is 9.95. The number of hydrogen-bond donors (Lipinski definition) is 0. The second-order valence-corrected chi connectivity index (χ2v) is 14.9. The molecule has 10 aromatic carbocycles. The van der Waals surface area contributed by atoms with Crippen LogP contribution in [0.25, 0.3) is 88.0 Å². The van der Waals surface area contributed by atoms with Crippen LogP contribution in [0.5, 0.6) is 0 Å². The second kappa shape index (κ2) is 14.1. The third kappa shape index (κ3) is 5.91. The minimum absolute atomic E-state index is 0.884. The van der Waals surface area contributed by atoms with Crippen molar-refractivity contribution in [1.29, 1.82) is 0 Å². The molecule has 0 aliphatic carbocycles. The Bertz CT molecular complexity index is 3270. The van der Waals surface area contributed by atoms with Gasteiger partial charge < -0.3 is 9.32 Å². The molecule has 0 aliphatic rings. The summed E-state index contributed by atoms with van der Waals surface area (Å²) in [4.78, 5) is 2.38. The van der Waals surface area contributed by atoms with E-state index in [1.54, 1.807) is 0 Å². The van der Waals surface area contributed by atoms with Crippen molar-refractivity contribution in [2.24, 2.45) is 0 Å². The van der Waals surface area contributed by atoms with Gasteiger partial charge >= 0.3 is 0 Å². The maximum absolute atomic E-state index is 6.37. The van der Waals surface area contributed by atoms with E-state index < -0.39 is 0 Å². The molecule has 1 heterocycles. The van der Waals surface area contributed by atoms with Crippen molar-refractivity contribution in [3.05, 3.63) is 224 Å². The van der Waals surface area contributed by atoms with Crippen LogP contribution in [0.15, 0.2) is 229 Å². The quantitative estimate of drug-likeness (QED) is 0.162. The van der Waals surface area contributed by atoms with Crippen molar-refractivity contribution in [2.45, 2.75) is 0 Å². The summed E-state index contributed by atoms with van der Waals surface area (Å²) >= 11 is 0. The lowest BCUT2D eigenvalue weighted by molar-refractivity contribution is 0.669. The Kier molecular flexibility index (Phi) is 8.19. The number of benzene rings is 10. The van der Waals surface area contributed by atoms with Gasteiger partial charge in [-0.3, -0.25) is 0 Å². The zero-order valence-electron chi connectivity index (χ0n) is 31.7. The van der Waals surface area contributed by atoms with Crippen molar-refractivity contribution in [1.82, 2.24) is 0 Å². The van der Waals surface area contributed by atoms with Gasteiger partial charge in [0.15, 0.2) is 0 Å². The summed E-state index contributed by atoms with van der Waals surface area (Å²) in [7, 11) is 0. The van der Waals surface area contributed by atoms with Gasteiger partial charge in [-0.1, -0.05) is 170 Å². The van der Waals surface area contributed by atoms with E-state index in [0.717, 1.165) is 50.1 Å². The molecule has 11 aromatic rings. The summed E-state index contributed by atoms with van der Waals surface area (Å²) in [6.45, 7) is 0. The van der Waals surface area contributed by atoms with E-state index in [0.29, 0.717) is 0 Å². The molecule has 2 heteroatoms. The Hall–Kier alpha value is -7.68. The predicted molar refractivity (Wildman–Crippen MR) is 245 cm³/mol. The summed E-state index contributed by atoms with van der Waals surface area (Å²) in [6, 6.07) is 80.7. The van der Waals surface area contributed by atoms with Crippen LogP contribution in [-0.4, -0.2) is 0 Å². The second-order valence-electron chi connectivity index (χ2n) is 14.9. The first-order valence-electron chi connectivity index (χ1n) is 19.8. The monoisotopic (exact) mass is 739 g/mol. The minimum atomic E-state index is 0.884. The Balaban J connectivity index is 1.02. The van der Waals surface area contributed by atoms with Gasteiger partial charge in [0.2, 0.25) is 0 Å². The van der Waals surface area contributed by atoms with Crippen LogP contribution in [0.2, 0.25) is 0 Å². The van der Waals surface area contributed by atoms with Crippen molar-refractivity contribution >= 4 is 60.5 Å². The lowest BCUT2D eigenvalue weighted by Gasteiger charge is -2.28. The van der Waals surface area contributed by atoms with E-state index in [-0.39, 0.29) is 0 Å². The molecule has 272 valence electrons. The fraction of sp³-hybridized carbons (Fsp3) is 0. The summed E-state index contributed by atoms with van der Waals surface area (Å²) in [5.41, 5.74) is 14.5. The van der Waals surface area contributed by atoms with Crippen LogP contribution < -0.4 is 4.90 Å². The molecule has 0 radical (unpaired) electrons. The summed E-state index contributed by atoms with van der Waals surface area (Å²) in [6.07, 6.45) is 0. The highest BCUT2D eigenvalue weighted by molar-refractivity contribution is 6.06. The SMILES string of the molecule is c1cc(-c2ccc(N(c3ccc(-c4cccc5ccccc45)cc3)c3ccccc3-c3ccc4c(c3)oc3ccccc34)cc2)cc(-c2cccc3ccccc23)c1. The third-order valence-electron chi connectivity index (χ3n) is 11.5. The maximum Gasteiger partial charge on any atom is 0.136 e. The van der Waals surface area contributed by atoms with E-state index in [2.05, 4.69) is 217 Å². The van der Waals surface area contributed by atoms with Gasteiger partial charge in [0, 0.05) is 27.7 Å². The molecule has 0 atom stereocenters. The first kappa shape index (κ1) is 33.6. The zero-order valence-corrected chi connectivity index (χ0v) is 31.7. The van der Waals surface area contributed by atoms with Crippen molar-refractivity contribution in [3.8, 4) is 44.5 Å². The number of nitrogens with zero attached hydrogens (tertiary/aromatic N) is 1. The smallest absolute Gasteiger partial charge is 0.136 e. The fourth-order valence-corrected chi connectivity index (χ4v) is 8.65. The molecule has 0 spiro atoms. The van der Waals surface area contributed by atoms with Gasteiger partial charge in [-0.25, -0.2) is 0 Å². The average molecular weight is 740 g/mol. The van der Waals surface area contributed by atoms with Gasteiger partial charge in [-0.15, -0.1) is 0 Å². The molecule has 0 saturated carbocycles. The summed E-state index contributed by atoms with van der Waals surface area (Å²) in [5.74, 6) is 0. The summed E-state index contributed by atoms with van der Waals surface area (Å²) < 4.78 is 6.37. The number of anilines is 3. The largest absolute Gasteiger partial charge is 0.456 e. The molecule has 0 N–H and O–H groups in total. The van der Waals surface area contributed by atoms with Gasteiger partial charge in [0.25, 0.3) is 0 Å². The minimum Gasteiger partial charge on any atom is -0.456 e. The van der Waals surface area contributed by atoms with Crippen LogP contribution in [0, 0.1) is 0 Å². The number of fused-ring (bicyclic) bond motifs is 5. The van der Waals surface area contributed by atoms with Gasteiger partial charge in [0.05, 0.1) is 5.69 Å². The number of para-hydroxylation sites is 2. The number of rotatable bonds is 7. The molecule has 0 saturated heterocycles. The van der Waals surface area contributed by atoms with E-state index in [9.17, 15) is 0 Å². The van der Waals surface area contributed by atoms with E-state index in [1.807, 2.05) is 12.1 Å². The van der Waals surface area contributed by atoms with E-state index in [4.69, 9.17) is 4.42 Å². The van der Waals surface area contributed by atoms with Gasteiger partial charge in [-0.05, 0) is 115 Å². The third-order valence-corrected chi connectivity index (χ3v) is 11.5. The maximum atomic E-state index is 6.37. The van der Waals surface area contributed by atoms with Crippen molar-refractivity contribution in [2.75, 3.05) is 4.90 Å². The first-order chi connectivity index (χ1) is 28.7. The Morgan fingerprint density at radius 3 is 1.48 bits per heavy atom. The molecule has 11 rings (SSSR count). The first-order valence-corrected chi connectivity index (χ1v) is 19.8. The standard InChI is InChI=1S/C56H37NO/c1-3-18-47-39(12-1)14-10-22-49(47)41-28-33-46(34-29-41)57(54-24-7-5-20-51(54)44-30-35-53-52-21-6-8-25-55(52)58-56(53)37-44)45-31-26-38(27-32-45)42-16-9-17-43(36-42)50-23-11-15-40-13-2-4-19-48(40)50/h1-37H. The van der Waals surface area contributed by atoms with Crippen LogP contribution in [0.4, 0.5) is 17.1 Å². The normalized spacial score (nSPS) is 11.4. The predicted octanol–water partition coefficient (Wildman–Crippen LogP) is 16.0. The molecule has 0 unspecified atom stereocenters. The van der Waals surface area contributed by atoms with Crippen LogP contribution >= 0.6 is 0 Å². The van der Waals surface area contributed by atoms with Crippen LogP contribution in [0.3, 0.4) is 0 Å². The zero-order chi connectivity index (χ0) is 38.4. The average Bonchev–Trinajstić information content (AvgIpc) is 3.67. The Morgan fingerprint density at radius 2 is 0.759 bits per heavy atom. The number of furan rings is 1.